The summed E-state index contributed by atoms with van der Waals surface area (Å²) < 4.78 is 0. The molecule has 19 atom stereocenters. The number of carboxylic acids is 4. The number of amides is 18. The maximum atomic E-state index is 14.8. The molecule has 18 amide bonds. The van der Waals surface area contributed by atoms with Crippen LogP contribution in [0.2, 0.25) is 0 Å². The number of nitrogens with two attached hydrogens (primary N) is 3. The molecule has 0 aromatic heterocycles. The summed E-state index contributed by atoms with van der Waals surface area (Å²) in [6.45, 7) is 10.3. The highest BCUT2D eigenvalue weighted by Gasteiger charge is 2.43. The van der Waals surface area contributed by atoms with Gasteiger partial charge in [0.15, 0.2) is 5.96 Å². The lowest BCUT2D eigenvalue weighted by molar-refractivity contribution is -0.143. The van der Waals surface area contributed by atoms with Gasteiger partial charge < -0.3 is 154 Å². The molecule has 53 heteroatoms. The highest BCUT2D eigenvalue weighted by molar-refractivity contribution is 7.98. The molecule has 0 aliphatic carbocycles. The molecule has 1 aromatic carbocycles. The summed E-state index contributed by atoms with van der Waals surface area (Å²) in [5, 5.41) is 121. The minimum Gasteiger partial charge on any atom is -0.481 e. The monoisotopic (exact) mass is 1960 g/mol. The van der Waals surface area contributed by atoms with Crippen LogP contribution in [0.5, 0.6) is 0 Å². The van der Waals surface area contributed by atoms with Crippen molar-refractivity contribution >= 4 is 148 Å². The van der Waals surface area contributed by atoms with Crippen LogP contribution < -0.4 is 113 Å². The Hall–Kier alpha value is -13.0. The number of nitrogens with one attached hydrogen (secondary N) is 19. The van der Waals surface area contributed by atoms with E-state index in [0.29, 0.717) is 18.4 Å². The number of thioether (sulfide) groups is 1. The van der Waals surface area contributed by atoms with Crippen LogP contribution in [0.15, 0.2) is 30.3 Å². The van der Waals surface area contributed by atoms with Crippen LogP contribution in [0.25, 0.3) is 0 Å². The predicted octanol–water partition coefficient (Wildman–Crippen LogP) is -9.73. The molecule has 32 N–H and O–H groups in total. The molecule has 1 aliphatic rings. The fourth-order valence-electron chi connectivity index (χ4n) is 13.9. The number of unbranched alkanes of at least 4 members (excludes halogenated alkanes) is 1. The summed E-state index contributed by atoms with van der Waals surface area (Å²) in [5.74, 6) is -28.4. The zero-order valence-corrected chi connectivity index (χ0v) is 79.3. The first-order valence-corrected chi connectivity index (χ1v) is 46.0. The lowest BCUT2D eigenvalue weighted by Crippen LogP contribution is -2.62. The van der Waals surface area contributed by atoms with Crippen molar-refractivity contribution in [2.45, 2.75) is 274 Å². The zero-order chi connectivity index (χ0) is 104. The largest absolute Gasteiger partial charge is 0.481 e. The third kappa shape index (κ3) is 44.6. The molecule has 1 heterocycles. The Labute approximate surface area is 794 Å². The number of primary amides is 1. The molecular formula is C84H137N23O29S. The number of hydrogen-bond acceptors (Lipinski definition) is 29. The Morgan fingerprint density at radius 2 is 0.876 bits per heavy atom. The Balaban J connectivity index is 2.44. The predicted molar refractivity (Wildman–Crippen MR) is 489 cm³/mol. The van der Waals surface area contributed by atoms with Crippen LogP contribution >= 0.6 is 11.8 Å². The highest BCUT2D eigenvalue weighted by Crippen LogP contribution is 2.22. The van der Waals surface area contributed by atoms with Crippen LogP contribution in [0.1, 0.15) is 164 Å². The first-order chi connectivity index (χ1) is 64.3. The number of likely N-dealkylation sites (N-methyl/N-ethyl adjacent to an activating group) is 1. The second-order valence-electron chi connectivity index (χ2n) is 33.6. The molecule has 0 saturated carbocycles. The van der Waals surface area contributed by atoms with Gasteiger partial charge in [-0.1, -0.05) is 78.3 Å². The number of carbonyl (C=O) groups excluding carboxylic acids is 18. The molecule has 0 unspecified atom stereocenters. The minimum atomic E-state index is -2.15. The molecule has 1 fully saturated rings. The summed E-state index contributed by atoms with van der Waals surface area (Å²) in [7, 11) is 1.39. The van der Waals surface area contributed by atoms with Crippen molar-refractivity contribution in [3.63, 3.8) is 0 Å². The fraction of sp³-hybridized carbons (Fsp3) is 0.655. The average molecular weight is 1970 g/mol. The van der Waals surface area contributed by atoms with Gasteiger partial charge in [0.25, 0.3) is 0 Å². The summed E-state index contributed by atoms with van der Waals surface area (Å²) in [6.07, 6.45) is -8.00. The van der Waals surface area contributed by atoms with Gasteiger partial charge in [-0.05, 0) is 134 Å². The average Bonchev–Trinajstić information content (AvgIpc) is 1.74. The Kier molecular flexibility index (Phi) is 54.2. The highest BCUT2D eigenvalue weighted by atomic mass is 32.2. The number of guanidine groups is 1. The van der Waals surface area contributed by atoms with Crippen LogP contribution in [0.4, 0.5) is 0 Å². The third-order valence-corrected chi connectivity index (χ3v) is 22.1. The first-order valence-electron chi connectivity index (χ1n) is 44.6. The van der Waals surface area contributed by atoms with Crippen LogP contribution in [-0.2, 0) is 112 Å². The smallest absolute Gasteiger partial charge is 0.326 e. The lowest BCUT2D eigenvalue weighted by Gasteiger charge is -2.31. The number of carboxylic acid groups (broad SMARTS) is 4. The maximum absolute atomic E-state index is 14.8. The van der Waals surface area contributed by atoms with Gasteiger partial charge in [0, 0.05) is 25.9 Å². The third-order valence-electron chi connectivity index (χ3n) is 21.4. The summed E-state index contributed by atoms with van der Waals surface area (Å²) in [4.78, 5) is 299. The van der Waals surface area contributed by atoms with Crippen molar-refractivity contribution in [2.75, 3.05) is 58.3 Å². The van der Waals surface area contributed by atoms with Crippen molar-refractivity contribution in [1.29, 1.82) is 5.41 Å². The number of nitrogens with zero attached hydrogens (tertiary/aromatic N) is 1. The van der Waals surface area contributed by atoms with Crippen LogP contribution in [0.3, 0.4) is 0 Å². The quantitative estimate of drug-likeness (QED) is 0.0164. The molecule has 52 nitrogen and oxygen atoms in total. The van der Waals surface area contributed by atoms with Gasteiger partial charge in [-0.2, -0.15) is 11.8 Å². The van der Waals surface area contributed by atoms with E-state index in [2.05, 4.69) is 95.7 Å². The molecule has 0 radical (unpaired) electrons. The molecule has 137 heavy (non-hydrogen) atoms. The zero-order valence-electron chi connectivity index (χ0n) is 78.5. The summed E-state index contributed by atoms with van der Waals surface area (Å²) in [5.41, 5.74) is 16.9. The Morgan fingerprint density at radius 1 is 0.453 bits per heavy atom. The first kappa shape index (κ1) is 120. The van der Waals surface area contributed by atoms with Crippen LogP contribution in [-0.4, -0.2) is 344 Å². The van der Waals surface area contributed by atoms with Crippen molar-refractivity contribution in [2.24, 2.45) is 35.0 Å². The lowest BCUT2D eigenvalue weighted by atomic mass is 9.97. The van der Waals surface area contributed by atoms with Crippen molar-refractivity contribution in [3.8, 4) is 0 Å². The number of rotatable bonds is 65. The number of benzene rings is 1. The number of likely N-dealkylation sites (tertiary alicyclic amines) is 1. The number of aliphatic carboxylic acids is 4. The standard InChI is InChI=1S/C84H137N23O29S/c1-12-42(6)65(104-75(127)54(35-62(117)118)96-60(114)39-92-77(129)64(41(4)5)103-80(132)66(89-10)43(7)108)79(131)102-53(34-57(86)111)74(126)106-68(45(9)110)81(133)97-47(25-26-61(115)116)69(121)98-49(23-18-29-90-84(87)88)82(134)107-30-19-24-56(107)76(128)91-37-58(112)94-48(27-31-137-11)70(122)99-51(32-40(2)3)71(123)101-55(36-63(119)120)72(124)100-52(33-46-20-14-13-15-21-46)73(125)105-67(44(8)109)78(130)93-38-59(113)95-50(83(135)136)22-16-17-28-85/h13-15,20-21,40-45,47-56,64-68,89,108-110H,12,16-19,22-39,85H2,1-11H3,(H2,86,111)(H,91,128)(H,92,129)(H,93,130)(H,94,112)(H,95,113)(H,96,114)(H,97,133)(H,98,121)(H,99,122)(H,100,124)(H,101,123)(H,102,131)(H,103,132)(H,104,127)(H,105,125)(H,106,126)(H,115,116)(H,117,118)(H,119,120)(H,135,136)(H4,87,88,90)/t42-,43-,44-,45-,47+,48+,49+,50+,51+,52+,53+,54-,55+,56-,64-,65+,66-,67+,68+/m1/s1. The van der Waals surface area contributed by atoms with Gasteiger partial charge in [-0.3, -0.25) is 106 Å². The topological polar surface area (TPSA) is 839 Å². The maximum Gasteiger partial charge on any atom is 0.326 e. The van der Waals surface area contributed by atoms with E-state index < -0.39 is 315 Å². The minimum absolute atomic E-state index is 0.0176. The number of carbonyl (C=O) groups is 22. The van der Waals surface area contributed by atoms with E-state index in [-0.39, 0.29) is 83.2 Å². The van der Waals surface area contributed by atoms with E-state index in [1.807, 2.05) is 0 Å². The summed E-state index contributed by atoms with van der Waals surface area (Å²) >= 11 is 1.24. The van der Waals surface area contributed by atoms with Gasteiger partial charge in [0.2, 0.25) is 106 Å². The number of aliphatic hydroxyl groups is 3. The summed E-state index contributed by atoms with van der Waals surface area (Å²) in [6, 6.07) is -17.2. The van der Waals surface area contributed by atoms with Gasteiger partial charge in [-0.15, -0.1) is 0 Å². The molecule has 1 aliphatic heterocycles. The van der Waals surface area contributed by atoms with E-state index in [1.54, 1.807) is 71.2 Å². The molecule has 0 spiro atoms. The Morgan fingerprint density at radius 3 is 1.37 bits per heavy atom. The number of aliphatic hydroxyl groups excluding tert-OH is 3. The molecule has 1 saturated heterocycles. The fourth-order valence-corrected chi connectivity index (χ4v) is 14.3. The van der Waals surface area contributed by atoms with E-state index in [0.717, 1.165) is 18.7 Å². The second-order valence-corrected chi connectivity index (χ2v) is 34.6. The van der Waals surface area contributed by atoms with Gasteiger partial charge in [-0.25, -0.2) is 4.79 Å². The van der Waals surface area contributed by atoms with Crippen molar-refractivity contribution in [3.05, 3.63) is 35.9 Å². The normalized spacial score (nSPS) is 16.2. The molecule has 2 rings (SSSR count). The van der Waals surface area contributed by atoms with Gasteiger partial charge >= 0.3 is 23.9 Å². The van der Waals surface area contributed by atoms with Crippen LogP contribution in [0, 0.1) is 23.2 Å². The van der Waals surface area contributed by atoms with Gasteiger partial charge in [0.1, 0.15) is 90.6 Å². The van der Waals surface area contributed by atoms with Crippen molar-refractivity contribution in [1.82, 2.24) is 101 Å². The Bertz CT molecular complexity index is 4320. The second kappa shape index (κ2) is 61.9. The van der Waals surface area contributed by atoms with E-state index in [1.165, 1.54) is 32.7 Å². The molecule has 768 valence electrons. The molecular weight excluding hydrogens is 1830 g/mol. The molecule has 1 aromatic rings. The van der Waals surface area contributed by atoms with Crippen molar-refractivity contribution < 1.29 is 141 Å². The molecule has 0 bridgehead atoms. The van der Waals surface area contributed by atoms with E-state index >= 15 is 0 Å². The van der Waals surface area contributed by atoms with Gasteiger partial charge in [0.05, 0.1) is 57.2 Å². The number of hydrogen-bond donors (Lipinski definition) is 29. The SMILES string of the molecule is CC[C@@H](C)[C@H](NC(=O)[C@@H](CC(=O)O)NC(=O)CNC(=O)[C@H](NC(=O)[C@H](NC)[C@@H](C)O)C(C)C)C(=O)N[C@@H](CC(N)=O)C(=O)N[C@H](C(=O)N[C@@H](CCC(=O)O)C(=O)N[C@@H](CCCNC(=N)N)C(=O)N1CCC[C@@H]1C(=O)NCC(=O)N[C@@H](CCSC)C(=O)N[C@@H](CC(C)C)C(=O)N[C@@H](CC(=O)O)C(=O)N[C@@H](Cc1ccccc1)C(=O)N[C@H](C(=O)NCC(=O)N[C@@H](CCCCN)C(=O)O)[C@@H](C)O)[C@@H](C)O. The van der Waals surface area contributed by atoms with E-state index in [9.17, 15) is 141 Å². The van der Waals surface area contributed by atoms with E-state index in [4.69, 9.17) is 22.6 Å².